The van der Waals surface area contributed by atoms with Crippen LogP contribution in [-0.2, 0) is 19.1 Å². The summed E-state index contributed by atoms with van der Waals surface area (Å²) in [6, 6.07) is 11.6. The van der Waals surface area contributed by atoms with Gasteiger partial charge in [-0.15, -0.1) is 0 Å². The van der Waals surface area contributed by atoms with Crippen LogP contribution >= 0.6 is 0 Å². The summed E-state index contributed by atoms with van der Waals surface area (Å²) in [5.74, 6) is -0.625. The molecule has 0 aromatic heterocycles. The van der Waals surface area contributed by atoms with E-state index >= 15 is 0 Å². The third kappa shape index (κ3) is 10.8. The number of ether oxygens (including phenoxy) is 2. The normalized spacial score (nSPS) is 18.4. The molecule has 1 aromatic carbocycles. The zero-order chi connectivity index (χ0) is 22.3. The smallest absolute Gasteiger partial charge is 0.306 e. The van der Waals surface area contributed by atoms with Gasteiger partial charge in [0.2, 0.25) is 0 Å². The van der Waals surface area contributed by atoms with E-state index < -0.39 is 5.97 Å². The molecule has 0 heterocycles. The van der Waals surface area contributed by atoms with Crippen LogP contribution in [0.5, 0.6) is 0 Å². The molecule has 0 amide bonds. The molecule has 0 unspecified atom stereocenters. The first-order valence-electron chi connectivity index (χ1n) is 12.1. The lowest BCUT2D eigenvalue weighted by molar-refractivity contribution is -0.149. The minimum absolute atomic E-state index is 0.0637. The Morgan fingerprint density at radius 1 is 0.871 bits per heavy atom. The Hall–Kier alpha value is -1.88. The SMILES string of the molecule is C1CCC(NC2CCCCC2)CC1.COC(=O)CCC(=O)OC[C@H](C)c1ccccc1. The molecular formula is C26H41NO4. The van der Waals surface area contributed by atoms with Crippen molar-refractivity contribution in [1.82, 2.24) is 5.32 Å². The molecule has 2 aliphatic carbocycles. The van der Waals surface area contributed by atoms with Crippen molar-refractivity contribution in [3.05, 3.63) is 35.9 Å². The number of nitrogens with one attached hydrogen (secondary N) is 1. The van der Waals surface area contributed by atoms with Crippen LogP contribution in [0.4, 0.5) is 0 Å². The number of hydrogen-bond acceptors (Lipinski definition) is 5. The maximum atomic E-state index is 11.4. The number of esters is 2. The van der Waals surface area contributed by atoms with Crippen molar-refractivity contribution in [2.24, 2.45) is 0 Å². The van der Waals surface area contributed by atoms with Gasteiger partial charge in [0.05, 0.1) is 26.6 Å². The zero-order valence-corrected chi connectivity index (χ0v) is 19.4. The lowest BCUT2D eigenvalue weighted by atomic mass is 9.91. The number of hydrogen-bond donors (Lipinski definition) is 1. The Labute approximate surface area is 188 Å². The molecular weight excluding hydrogens is 390 g/mol. The minimum Gasteiger partial charge on any atom is -0.469 e. The number of rotatable bonds is 8. The molecule has 0 spiro atoms. The van der Waals surface area contributed by atoms with Crippen molar-refractivity contribution >= 4 is 11.9 Å². The fourth-order valence-electron chi connectivity index (χ4n) is 4.35. The molecule has 0 radical (unpaired) electrons. The Morgan fingerprint density at radius 3 is 1.90 bits per heavy atom. The van der Waals surface area contributed by atoms with Gasteiger partial charge in [0, 0.05) is 18.0 Å². The molecule has 0 aliphatic heterocycles. The van der Waals surface area contributed by atoms with Gasteiger partial charge in [-0.3, -0.25) is 9.59 Å². The maximum absolute atomic E-state index is 11.4. The third-order valence-electron chi connectivity index (χ3n) is 6.31. The summed E-state index contributed by atoms with van der Waals surface area (Å²) >= 11 is 0. The molecule has 2 aliphatic rings. The number of benzene rings is 1. The number of carbonyl (C=O) groups is 2. The molecule has 2 saturated carbocycles. The first-order valence-corrected chi connectivity index (χ1v) is 12.1. The second-order valence-corrected chi connectivity index (χ2v) is 8.91. The standard InChI is InChI=1S/C14H18O4.C12H23N/c1-11(12-6-4-3-5-7-12)10-18-14(16)9-8-13(15)17-2;1-3-7-11(8-4-1)13-12-9-5-2-6-10-12/h3-7,11H,8-10H2,1-2H3;11-13H,1-10H2/t11-;/m0./s1. The van der Waals surface area contributed by atoms with E-state index in [2.05, 4.69) is 10.1 Å². The fourth-order valence-corrected chi connectivity index (χ4v) is 4.35. The molecule has 5 nitrogen and oxygen atoms in total. The van der Waals surface area contributed by atoms with E-state index in [1.54, 1.807) is 0 Å². The van der Waals surface area contributed by atoms with Crippen LogP contribution in [0.15, 0.2) is 30.3 Å². The van der Waals surface area contributed by atoms with Gasteiger partial charge in [-0.05, 0) is 31.2 Å². The van der Waals surface area contributed by atoms with Gasteiger partial charge in [0.1, 0.15) is 0 Å². The molecule has 174 valence electrons. The summed E-state index contributed by atoms with van der Waals surface area (Å²) < 4.78 is 9.56. The van der Waals surface area contributed by atoms with Crippen LogP contribution in [0.3, 0.4) is 0 Å². The van der Waals surface area contributed by atoms with Gasteiger partial charge in [-0.2, -0.15) is 0 Å². The molecule has 2 fully saturated rings. The van der Waals surface area contributed by atoms with Gasteiger partial charge >= 0.3 is 11.9 Å². The second kappa shape index (κ2) is 15.0. The summed E-state index contributed by atoms with van der Waals surface area (Å²) in [5, 5.41) is 3.86. The highest BCUT2D eigenvalue weighted by Crippen LogP contribution is 2.22. The highest BCUT2D eigenvalue weighted by Gasteiger charge is 2.19. The monoisotopic (exact) mass is 431 g/mol. The van der Waals surface area contributed by atoms with Crippen LogP contribution in [0, 0.1) is 0 Å². The van der Waals surface area contributed by atoms with Gasteiger partial charge in [-0.1, -0.05) is 75.8 Å². The quantitative estimate of drug-likeness (QED) is 0.549. The maximum Gasteiger partial charge on any atom is 0.306 e. The first kappa shape index (κ1) is 25.4. The molecule has 1 atom stereocenters. The van der Waals surface area contributed by atoms with Gasteiger partial charge in [0.25, 0.3) is 0 Å². The van der Waals surface area contributed by atoms with Crippen LogP contribution in [0.1, 0.15) is 95.5 Å². The van der Waals surface area contributed by atoms with Gasteiger partial charge in [-0.25, -0.2) is 0 Å². The van der Waals surface area contributed by atoms with Gasteiger partial charge in [0.15, 0.2) is 0 Å². The van der Waals surface area contributed by atoms with E-state index in [-0.39, 0.29) is 24.7 Å². The second-order valence-electron chi connectivity index (χ2n) is 8.91. The Kier molecular flexibility index (Phi) is 12.3. The van der Waals surface area contributed by atoms with Crippen LogP contribution in [-0.4, -0.2) is 37.7 Å². The van der Waals surface area contributed by atoms with Crippen LogP contribution in [0.2, 0.25) is 0 Å². The molecule has 1 aromatic rings. The van der Waals surface area contributed by atoms with Crippen LogP contribution < -0.4 is 5.32 Å². The fraction of sp³-hybridized carbons (Fsp3) is 0.692. The number of methoxy groups -OCH3 is 1. The van der Waals surface area contributed by atoms with Gasteiger partial charge < -0.3 is 14.8 Å². The van der Waals surface area contributed by atoms with E-state index in [9.17, 15) is 9.59 Å². The zero-order valence-electron chi connectivity index (χ0n) is 19.4. The van der Waals surface area contributed by atoms with E-state index in [0.29, 0.717) is 6.61 Å². The molecule has 0 bridgehead atoms. The predicted octanol–water partition coefficient (Wildman–Crippen LogP) is 5.53. The van der Waals surface area contributed by atoms with Crippen molar-refractivity contribution in [3.63, 3.8) is 0 Å². The lowest BCUT2D eigenvalue weighted by Crippen LogP contribution is -2.40. The summed E-state index contributed by atoms with van der Waals surface area (Å²) in [7, 11) is 1.30. The minimum atomic E-state index is -0.400. The van der Waals surface area contributed by atoms with Crippen LogP contribution in [0.25, 0.3) is 0 Å². The summed E-state index contributed by atoms with van der Waals surface area (Å²) in [6.07, 6.45) is 14.7. The topological polar surface area (TPSA) is 64.6 Å². The highest BCUT2D eigenvalue weighted by molar-refractivity contribution is 5.77. The van der Waals surface area contributed by atoms with E-state index in [4.69, 9.17) is 4.74 Å². The lowest BCUT2D eigenvalue weighted by Gasteiger charge is -2.30. The molecule has 31 heavy (non-hydrogen) atoms. The largest absolute Gasteiger partial charge is 0.469 e. The number of carbonyl (C=O) groups excluding carboxylic acids is 2. The van der Waals surface area contributed by atoms with E-state index in [1.165, 1.54) is 71.3 Å². The van der Waals surface area contributed by atoms with Crippen molar-refractivity contribution in [2.75, 3.05) is 13.7 Å². The molecule has 5 heteroatoms. The van der Waals surface area contributed by atoms with E-state index in [0.717, 1.165) is 17.6 Å². The molecule has 0 saturated heterocycles. The third-order valence-corrected chi connectivity index (χ3v) is 6.31. The Balaban J connectivity index is 0.000000231. The highest BCUT2D eigenvalue weighted by atomic mass is 16.5. The Bertz CT molecular complexity index is 606. The van der Waals surface area contributed by atoms with Crippen molar-refractivity contribution in [1.29, 1.82) is 0 Å². The van der Waals surface area contributed by atoms with Crippen molar-refractivity contribution in [3.8, 4) is 0 Å². The van der Waals surface area contributed by atoms with Crippen molar-refractivity contribution < 1.29 is 19.1 Å². The van der Waals surface area contributed by atoms with Crippen molar-refractivity contribution in [2.45, 2.75) is 102 Å². The summed E-state index contributed by atoms with van der Waals surface area (Å²) in [4.78, 5) is 22.2. The molecule has 1 N–H and O–H groups in total. The molecule has 3 rings (SSSR count). The Morgan fingerprint density at radius 2 is 1.39 bits per heavy atom. The first-order chi connectivity index (χ1) is 15.1. The van der Waals surface area contributed by atoms with E-state index in [1.807, 2.05) is 37.3 Å². The average molecular weight is 432 g/mol. The average Bonchev–Trinajstić information content (AvgIpc) is 2.83. The summed E-state index contributed by atoms with van der Waals surface area (Å²) in [6.45, 7) is 2.31. The predicted molar refractivity (Wildman–Crippen MR) is 124 cm³/mol. The summed E-state index contributed by atoms with van der Waals surface area (Å²) in [5.41, 5.74) is 1.12.